The van der Waals surface area contributed by atoms with E-state index < -0.39 is 21.4 Å². The molecule has 3 aromatic rings. The highest BCUT2D eigenvalue weighted by Gasteiger charge is 2.23. The second-order valence-corrected chi connectivity index (χ2v) is 11.2. The normalized spacial score (nSPS) is 14.0. The van der Waals surface area contributed by atoms with Crippen molar-refractivity contribution >= 4 is 48.5 Å². The highest BCUT2D eigenvalue weighted by molar-refractivity contribution is 9.10. The summed E-state index contributed by atoms with van der Waals surface area (Å²) in [5, 5.41) is 2.96. The molecule has 0 radical (unpaired) electrons. The first kappa shape index (κ1) is 24.2. The monoisotopic (exact) mass is 543 g/mol. The van der Waals surface area contributed by atoms with Crippen molar-refractivity contribution in [1.82, 2.24) is 10.3 Å². The lowest BCUT2D eigenvalue weighted by Crippen LogP contribution is -2.30. The lowest BCUT2D eigenvalue weighted by molar-refractivity contribution is 0.0953. The number of sulfonamides is 1. The minimum atomic E-state index is -3.91. The molecule has 4 rings (SSSR count). The van der Waals surface area contributed by atoms with Crippen molar-refractivity contribution in [3.63, 3.8) is 0 Å². The number of amides is 1. The van der Waals surface area contributed by atoms with Crippen molar-refractivity contribution in [2.75, 3.05) is 17.9 Å². The van der Waals surface area contributed by atoms with Crippen LogP contribution in [-0.4, -0.2) is 32.9 Å². The Bertz CT molecular complexity index is 1410. The van der Waals surface area contributed by atoms with Gasteiger partial charge in [-0.05, 0) is 74.6 Å². The van der Waals surface area contributed by atoms with Crippen LogP contribution in [0.3, 0.4) is 0 Å². The van der Waals surface area contributed by atoms with E-state index in [1.807, 2.05) is 0 Å². The standard InChI is InChI=1S/C25H26BrN3O4S/c1-29(19-9-7-18(26)8-10-19)34(32,33)20-11-12-23-21(15-20)24(30)22(16-28-23)25(31)27-14-13-17-5-3-2-4-6-17/h5,7-12,15-16H,2-4,6,13-14H2,1H3,(H,27,31)(H,28,30). The van der Waals surface area contributed by atoms with Crippen LogP contribution in [0.1, 0.15) is 42.5 Å². The summed E-state index contributed by atoms with van der Waals surface area (Å²) in [7, 11) is -2.46. The molecule has 0 bridgehead atoms. The molecule has 0 spiro atoms. The molecule has 0 fully saturated rings. The molecule has 0 unspecified atom stereocenters. The largest absolute Gasteiger partial charge is 0.360 e. The Hall–Kier alpha value is -2.91. The van der Waals surface area contributed by atoms with Gasteiger partial charge in [0.15, 0.2) is 0 Å². The number of halogens is 1. The van der Waals surface area contributed by atoms with Crippen LogP contribution in [0.15, 0.2) is 74.5 Å². The van der Waals surface area contributed by atoms with Gasteiger partial charge in [0.25, 0.3) is 15.9 Å². The predicted octanol–water partition coefficient (Wildman–Crippen LogP) is 4.74. The molecular weight excluding hydrogens is 518 g/mol. The molecule has 2 N–H and O–H groups in total. The fraction of sp³-hybridized carbons (Fsp3) is 0.280. The Balaban J connectivity index is 1.58. The van der Waals surface area contributed by atoms with Gasteiger partial charge in [-0.25, -0.2) is 8.42 Å². The average Bonchev–Trinajstić information content (AvgIpc) is 2.84. The number of carbonyl (C=O) groups is 1. The van der Waals surface area contributed by atoms with Crippen molar-refractivity contribution < 1.29 is 13.2 Å². The summed E-state index contributed by atoms with van der Waals surface area (Å²) in [5.74, 6) is -0.472. The number of hydrogen-bond donors (Lipinski definition) is 2. The van der Waals surface area contributed by atoms with Gasteiger partial charge in [-0.15, -0.1) is 0 Å². The first-order valence-corrected chi connectivity index (χ1v) is 13.4. The summed E-state index contributed by atoms with van der Waals surface area (Å²) < 4.78 is 28.4. The second-order valence-electron chi connectivity index (χ2n) is 8.30. The lowest BCUT2D eigenvalue weighted by atomic mass is 9.97. The van der Waals surface area contributed by atoms with Gasteiger partial charge in [0.05, 0.1) is 10.6 Å². The van der Waals surface area contributed by atoms with Crippen molar-refractivity contribution in [2.24, 2.45) is 0 Å². The maximum Gasteiger partial charge on any atom is 0.264 e. The third-order valence-corrected chi connectivity index (χ3v) is 8.37. The summed E-state index contributed by atoms with van der Waals surface area (Å²) >= 11 is 3.34. The molecule has 1 amide bonds. The lowest BCUT2D eigenvalue weighted by Gasteiger charge is -2.20. The van der Waals surface area contributed by atoms with E-state index in [2.05, 4.69) is 32.3 Å². The van der Waals surface area contributed by atoms with Gasteiger partial charge >= 0.3 is 0 Å². The Morgan fingerprint density at radius 2 is 1.91 bits per heavy atom. The number of fused-ring (bicyclic) bond motifs is 1. The molecule has 0 saturated carbocycles. The van der Waals surface area contributed by atoms with Crippen molar-refractivity contribution in [2.45, 2.75) is 37.0 Å². The zero-order valence-electron chi connectivity index (χ0n) is 18.8. The zero-order valence-corrected chi connectivity index (χ0v) is 21.2. The van der Waals surface area contributed by atoms with Crippen LogP contribution in [0, 0.1) is 0 Å². The van der Waals surface area contributed by atoms with Gasteiger partial charge in [0.2, 0.25) is 5.43 Å². The fourth-order valence-corrected chi connectivity index (χ4v) is 5.52. The number of aromatic amines is 1. The van der Waals surface area contributed by atoms with E-state index in [4.69, 9.17) is 0 Å². The highest BCUT2D eigenvalue weighted by Crippen LogP contribution is 2.25. The molecule has 1 aliphatic rings. The summed E-state index contributed by atoms with van der Waals surface area (Å²) in [6, 6.07) is 11.2. The summed E-state index contributed by atoms with van der Waals surface area (Å²) in [6.07, 6.45) is 8.88. The van der Waals surface area contributed by atoms with Crippen LogP contribution in [0.4, 0.5) is 5.69 Å². The van der Waals surface area contributed by atoms with Crippen LogP contribution in [0.2, 0.25) is 0 Å². The number of nitrogens with zero attached hydrogens (tertiary/aromatic N) is 1. The number of aromatic nitrogens is 1. The summed E-state index contributed by atoms with van der Waals surface area (Å²) in [6.45, 7) is 0.453. The van der Waals surface area contributed by atoms with E-state index in [1.165, 1.54) is 49.9 Å². The number of allylic oxidation sites excluding steroid dienone is 1. The average molecular weight is 544 g/mol. The van der Waals surface area contributed by atoms with Crippen molar-refractivity contribution in [3.05, 3.63) is 80.6 Å². The maximum atomic E-state index is 13.2. The van der Waals surface area contributed by atoms with E-state index in [9.17, 15) is 18.0 Å². The number of carbonyl (C=O) groups excluding carboxylic acids is 1. The molecule has 7 nitrogen and oxygen atoms in total. The second kappa shape index (κ2) is 10.1. The van der Waals surface area contributed by atoms with Crippen LogP contribution in [0.25, 0.3) is 10.9 Å². The summed E-state index contributed by atoms with van der Waals surface area (Å²) in [4.78, 5) is 28.7. The number of pyridine rings is 1. The minimum absolute atomic E-state index is 0.0299. The van der Waals surface area contributed by atoms with Crippen molar-refractivity contribution in [1.29, 1.82) is 0 Å². The van der Waals surface area contributed by atoms with Gasteiger partial charge in [0, 0.05) is 35.2 Å². The van der Waals surface area contributed by atoms with Gasteiger partial charge in [-0.1, -0.05) is 27.6 Å². The van der Waals surface area contributed by atoms with Gasteiger partial charge in [-0.2, -0.15) is 0 Å². The molecule has 1 aromatic heterocycles. The number of hydrogen-bond acceptors (Lipinski definition) is 4. The molecule has 0 atom stereocenters. The first-order valence-electron chi connectivity index (χ1n) is 11.1. The quantitative estimate of drug-likeness (QED) is 0.420. The Morgan fingerprint density at radius 1 is 1.15 bits per heavy atom. The topological polar surface area (TPSA) is 99.3 Å². The third-order valence-electron chi connectivity index (χ3n) is 6.06. The maximum absolute atomic E-state index is 13.2. The number of H-pyrrole nitrogens is 1. The van der Waals surface area contributed by atoms with Crippen LogP contribution in [-0.2, 0) is 10.0 Å². The highest BCUT2D eigenvalue weighted by atomic mass is 79.9. The molecule has 2 aromatic carbocycles. The number of rotatable bonds is 7. The van der Waals surface area contributed by atoms with E-state index in [1.54, 1.807) is 24.3 Å². The van der Waals surface area contributed by atoms with Crippen molar-refractivity contribution in [3.8, 4) is 0 Å². The molecule has 1 aliphatic carbocycles. The molecule has 9 heteroatoms. The zero-order chi connectivity index (χ0) is 24.3. The van der Waals surface area contributed by atoms with E-state index in [0.29, 0.717) is 17.7 Å². The van der Waals surface area contributed by atoms with Crippen LogP contribution < -0.4 is 15.1 Å². The number of nitrogens with one attached hydrogen (secondary N) is 2. The number of anilines is 1. The summed E-state index contributed by atoms with van der Waals surface area (Å²) in [5.41, 5.74) is 1.73. The van der Waals surface area contributed by atoms with Gasteiger partial charge in [0.1, 0.15) is 5.56 Å². The first-order chi connectivity index (χ1) is 16.3. The third kappa shape index (κ3) is 5.10. The Morgan fingerprint density at radius 3 is 2.62 bits per heavy atom. The fourth-order valence-electron chi connectivity index (χ4n) is 4.04. The van der Waals surface area contributed by atoms with Crippen LogP contribution in [0.5, 0.6) is 0 Å². The van der Waals surface area contributed by atoms with Crippen LogP contribution >= 0.6 is 15.9 Å². The van der Waals surface area contributed by atoms with E-state index >= 15 is 0 Å². The predicted molar refractivity (Wildman–Crippen MR) is 138 cm³/mol. The molecule has 178 valence electrons. The smallest absolute Gasteiger partial charge is 0.264 e. The molecule has 0 saturated heterocycles. The molecule has 34 heavy (non-hydrogen) atoms. The van der Waals surface area contributed by atoms with Gasteiger partial charge in [-0.3, -0.25) is 13.9 Å². The Kier molecular flexibility index (Phi) is 7.23. The SMILES string of the molecule is CN(c1ccc(Br)cc1)S(=O)(=O)c1ccc2[nH]cc(C(=O)NCCC3=CCCCC3)c(=O)c2c1. The van der Waals surface area contributed by atoms with E-state index in [0.717, 1.165) is 28.0 Å². The molecule has 1 heterocycles. The Labute approximate surface area is 207 Å². The minimum Gasteiger partial charge on any atom is -0.360 e. The molecule has 0 aliphatic heterocycles. The van der Waals surface area contributed by atoms with Gasteiger partial charge < -0.3 is 10.3 Å². The molecular formula is C25H26BrN3O4S. The number of benzene rings is 2. The van der Waals surface area contributed by atoms with E-state index in [-0.39, 0.29) is 15.8 Å².